The summed E-state index contributed by atoms with van der Waals surface area (Å²) in [6.07, 6.45) is 9.20. The summed E-state index contributed by atoms with van der Waals surface area (Å²) in [6, 6.07) is 10.9. The number of nitrogens with one attached hydrogen (secondary N) is 1. The van der Waals surface area contributed by atoms with E-state index in [0.717, 1.165) is 23.2 Å². The first-order valence-electron chi connectivity index (χ1n) is 8.09. The highest BCUT2D eigenvalue weighted by atomic mass is 32.2. The molecule has 8 heteroatoms. The number of sulfone groups is 1. The Bertz CT molecular complexity index is 1200. The number of hydrogen-bond acceptors (Lipinski definition) is 6. The quantitative estimate of drug-likeness (QED) is 0.587. The SMILES string of the molecule is CS(=O)(=O)c1cncc(-c2ccnc(-c3ncc(-c4ccccn4)[nH]3)c2)c1. The highest BCUT2D eigenvalue weighted by Crippen LogP contribution is 2.25. The molecule has 4 aromatic rings. The minimum absolute atomic E-state index is 0.175. The predicted molar refractivity (Wildman–Crippen MR) is 101 cm³/mol. The summed E-state index contributed by atoms with van der Waals surface area (Å²) < 4.78 is 23.5. The molecule has 0 aromatic carbocycles. The number of pyridine rings is 3. The number of rotatable bonds is 4. The Balaban J connectivity index is 1.71. The van der Waals surface area contributed by atoms with Crippen LogP contribution < -0.4 is 0 Å². The van der Waals surface area contributed by atoms with Gasteiger partial charge in [0.05, 0.1) is 22.5 Å². The fraction of sp³-hybridized carbons (Fsp3) is 0.0526. The lowest BCUT2D eigenvalue weighted by Gasteiger charge is -2.05. The fourth-order valence-corrected chi connectivity index (χ4v) is 3.22. The molecule has 0 atom stereocenters. The molecule has 1 N–H and O–H groups in total. The summed E-state index contributed by atoms with van der Waals surface area (Å²) in [5.74, 6) is 0.602. The van der Waals surface area contributed by atoms with Crippen LogP contribution in [0.25, 0.3) is 34.0 Å². The smallest absolute Gasteiger partial charge is 0.177 e. The number of nitrogens with zero attached hydrogens (tertiary/aromatic N) is 4. The van der Waals surface area contributed by atoms with E-state index in [1.54, 1.807) is 36.9 Å². The first-order chi connectivity index (χ1) is 13.0. The standard InChI is InChI=1S/C19H15N5O2S/c1-27(25,26)15-8-14(10-20-11-15)13-5-7-22-17(9-13)19-23-12-18(24-19)16-4-2-3-6-21-16/h2-12H,1H3,(H,23,24). The Morgan fingerprint density at radius 1 is 0.852 bits per heavy atom. The van der Waals surface area contributed by atoms with Crippen LogP contribution in [0.4, 0.5) is 0 Å². The van der Waals surface area contributed by atoms with Gasteiger partial charge in [0.15, 0.2) is 15.7 Å². The van der Waals surface area contributed by atoms with Gasteiger partial charge >= 0.3 is 0 Å². The van der Waals surface area contributed by atoms with Crippen molar-refractivity contribution in [1.29, 1.82) is 0 Å². The van der Waals surface area contributed by atoms with E-state index in [9.17, 15) is 8.42 Å². The number of imidazole rings is 1. The van der Waals surface area contributed by atoms with E-state index in [1.165, 1.54) is 6.20 Å². The van der Waals surface area contributed by atoms with Gasteiger partial charge in [0.1, 0.15) is 5.69 Å². The number of aromatic nitrogens is 5. The number of H-pyrrole nitrogens is 1. The molecule has 27 heavy (non-hydrogen) atoms. The van der Waals surface area contributed by atoms with Crippen molar-refractivity contribution in [3.63, 3.8) is 0 Å². The second-order valence-electron chi connectivity index (χ2n) is 5.97. The third-order valence-electron chi connectivity index (χ3n) is 3.99. The van der Waals surface area contributed by atoms with E-state index >= 15 is 0 Å². The molecule has 0 saturated heterocycles. The minimum atomic E-state index is -3.33. The van der Waals surface area contributed by atoms with Crippen molar-refractivity contribution in [2.75, 3.05) is 6.26 Å². The zero-order valence-corrected chi connectivity index (χ0v) is 15.2. The largest absolute Gasteiger partial charge is 0.335 e. The van der Waals surface area contributed by atoms with E-state index in [2.05, 4.69) is 24.9 Å². The van der Waals surface area contributed by atoms with Crippen molar-refractivity contribution in [3.05, 3.63) is 67.4 Å². The average molecular weight is 377 g/mol. The highest BCUT2D eigenvalue weighted by molar-refractivity contribution is 7.90. The molecule has 0 aliphatic rings. The zero-order valence-electron chi connectivity index (χ0n) is 14.4. The average Bonchev–Trinajstić information content (AvgIpc) is 3.19. The van der Waals surface area contributed by atoms with E-state index in [0.29, 0.717) is 17.1 Å². The third-order valence-corrected chi connectivity index (χ3v) is 5.07. The normalized spacial score (nSPS) is 11.4. The Morgan fingerprint density at radius 2 is 1.70 bits per heavy atom. The highest BCUT2D eigenvalue weighted by Gasteiger charge is 2.12. The zero-order chi connectivity index (χ0) is 18.9. The summed E-state index contributed by atoms with van der Waals surface area (Å²) in [5.41, 5.74) is 3.71. The van der Waals surface area contributed by atoms with Crippen molar-refractivity contribution in [2.45, 2.75) is 4.90 Å². The molecule has 0 aliphatic heterocycles. The van der Waals surface area contributed by atoms with Crippen LogP contribution in [0.1, 0.15) is 0 Å². The van der Waals surface area contributed by atoms with Gasteiger partial charge in [-0.15, -0.1) is 0 Å². The second-order valence-corrected chi connectivity index (χ2v) is 7.99. The molecule has 7 nitrogen and oxygen atoms in total. The monoisotopic (exact) mass is 377 g/mol. The molecule has 0 unspecified atom stereocenters. The fourth-order valence-electron chi connectivity index (χ4n) is 2.62. The molecule has 0 saturated carbocycles. The van der Waals surface area contributed by atoms with Crippen LogP contribution in [0.15, 0.2) is 72.3 Å². The predicted octanol–water partition coefficient (Wildman–Crippen LogP) is 3.00. The molecule has 0 aliphatic carbocycles. The van der Waals surface area contributed by atoms with Gasteiger partial charge in [-0.3, -0.25) is 15.0 Å². The van der Waals surface area contributed by atoms with Crippen LogP contribution in [-0.2, 0) is 9.84 Å². The van der Waals surface area contributed by atoms with Gasteiger partial charge in [-0.05, 0) is 35.9 Å². The Morgan fingerprint density at radius 3 is 2.48 bits per heavy atom. The molecule has 0 amide bonds. The lowest BCUT2D eigenvalue weighted by Crippen LogP contribution is -1.98. The second kappa shape index (κ2) is 6.73. The van der Waals surface area contributed by atoms with Crippen molar-refractivity contribution in [3.8, 4) is 34.0 Å². The van der Waals surface area contributed by atoms with Gasteiger partial charge in [-0.2, -0.15) is 0 Å². The van der Waals surface area contributed by atoms with Crippen LogP contribution in [-0.4, -0.2) is 39.6 Å². The molecule has 0 radical (unpaired) electrons. The molecule has 134 valence electrons. The van der Waals surface area contributed by atoms with Gasteiger partial charge in [0.25, 0.3) is 0 Å². The maximum Gasteiger partial charge on any atom is 0.177 e. The van der Waals surface area contributed by atoms with Gasteiger partial charge in [-0.1, -0.05) is 6.07 Å². The summed E-state index contributed by atoms with van der Waals surface area (Å²) in [4.78, 5) is 20.5. The molecule has 4 aromatic heterocycles. The first-order valence-corrected chi connectivity index (χ1v) is 9.98. The maximum atomic E-state index is 11.8. The molecule has 4 heterocycles. The van der Waals surface area contributed by atoms with Gasteiger partial charge < -0.3 is 4.98 Å². The van der Waals surface area contributed by atoms with E-state index in [4.69, 9.17) is 0 Å². The van der Waals surface area contributed by atoms with E-state index in [1.807, 2.05) is 24.3 Å². The summed E-state index contributed by atoms with van der Waals surface area (Å²) in [5, 5.41) is 0. The van der Waals surface area contributed by atoms with Crippen molar-refractivity contribution < 1.29 is 8.42 Å². The first kappa shape index (κ1) is 17.0. The summed E-state index contributed by atoms with van der Waals surface area (Å²) in [6.45, 7) is 0. The molecular formula is C19H15N5O2S. The third kappa shape index (κ3) is 3.61. The van der Waals surface area contributed by atoms with Crippen LogP contribution in [0.3, 0.4) is 0 Å². The Labute approximate surface area is 156 Å². The van der Waals surface area contributed by atoms with E-state index < -0.39 is 9.84 Å². The van der Waals surface area contributed by atoms with E-state index in [-0.39, 0.29) is 4.90 Å². The van der Waals surface area contributed by atoms with Crippen LogP contribution in [0.5, 0.6) is 0 Å². The van der Waals surface area contributed by atoms with Crippen LogP contribution in [0, 0.1) is 0 Å². The van der Waals surface area contributed by atoms with Gasteiger partial charge in [0, 0.05) is 36.6 Å². The molecular weight excluding hydrogens is 362 g/mol. The molecule has 0 spiro atoms. The Kier molecular flexibility index (Phi) is 4.25. The van der Waals surface area contributed by atoms with Crippen molar-refractivity contribution in [1.82, 2.24) is 24.9 Å². The molecule has 4 rings (SSSR count). The van der Waals surface area contributed by atoms with Gasteiger partial charge in [0.2, 0.25) is 0 Å². The van der Waals surface area contributed by atoms with Crippen LogP contribution >= 0.6 is 0 Å². The molecule has 0 fully saturated rings. The lowest BCUT2D eigenvalue weighted by atomic mass is 10.1. The van der Waals surface area contributed by atoms with Crippen molar-refractivity contribution in [2.24, 2.45) is 0 Å². The summed E-state index contributed by atoms with van der Waals surface area (Å²) in [7, 11) is -3.33. The topological polar surface area (TPSA) is 101 Å². The van der Waals surface area contributed by atoms with Crippen molar-refractivity contribution >= 4 is 9.84 Å². The minimum Gasteiger partial charge on any atom is -0.335 e. The maximum absolute atomic E-state index is 11.8. The number of aromatic amines is 1. The lowest BCUT2D eigenvalue weighted by molar-refractivity contribution is 0.601. The Hall–Kier alpha value is -3.39. The summed E-state index contributed by atoms with van der Waals surface area (Å²) >= 11 is 0. The molecule has 0 bridgehead atoms. The van der Waals surface area contributed by atoms with Gasteiger partial charge in [-0.25, -0.2) is 13.4 Å². The van der Waals surface area contributed by atoms with Crippen LogP contribution in [0.2, 0.25) is 0 Å². The number of hydrogen-bond donors (Lipinski definition) is 1.